The van der Waals surface area contributed by atoms with Crippen LogP contribution in [0.1, 0.15) is 12.8 Å². The minimum Gasteiger partial charge on any atom is -0.336 e. The van der Waals surface area contributed by atoms with Gasteiger partial charge in [-0.25, -0.2) is 4.79 Å². The molecule has 0 unspecified atom stereocenters. The molecule has 1 aromatic carbocycles. The first-order valence-corrected chi connectivity index (χ1v) is 5.79. The van der Waals surface area contributed by atoms with E-state index in [0.29, 0.717) is 0 Å². The van der Waals surface area contributed by atoms with E-state index in [0.717, 1.165) is 24.1 Å². The van der Waals surface area contributed by atoms with Crippen LogP contribution in [0, 0.1) is 5.92 Å². The Labute approximate surface area is 99.6 Å². The van der Waals surface area contributed by atoms with Crippen LogP contribution in [0.5, 0.6) is 0 Å². The monoisotopic (exact) mass is 227 g/mol. The fraction of sp³-hybridized carbons (Fsp3) is 0.214. The molecule has 1 saturated carbocycles. The Kier molecular flexibility index (Phi) is 2.44. The molecule has 3 rings (SSSR count). The van der Waals surface area contributed by atoms with Gasteiger partial charge in [-0.3, -0.25) is 0 Å². The van der Waals surface area contributed by atoms with Crippen molar-refractivity contribution in [1.29, 1.82) is 0 Å². The van der Waals surface area contributed by atoms with Gasteiger partial charge in [0.1, 0.15) is 0 Å². The molecule has 0 spiro atoms. The molecule has 1 aromatic heterocycles. The number of carbonyl (C=O) groups is 1. The molecule has 1 heterocycles. The molecule has 0 atom stereocenters. The number of rotatable bonds is 3. The van der Waals surface area contributed by atoms with Crippen LogP contribution >= 0.6 is 0 Å². The number of benzene rings is 1. The Morgan fingerprint density at radius 3 is 2.59 bits per heavy atom. The molecule has 1 aliphatic rings. The fourth-order valence-corrected chi connectivity index (χ4v) is 1.77. The van der Waals surface area contributed by atoms with Gasteiger partial charge in [0.05, 0.1) is 11.6 Å². The number of hydrogen-bond donors (Lipinski definition) is 0. The first-order chi connectivity index (χ1) is 8.34. The van der Waals surface area contributed by atoms with E-state index in [1.165, 1.54) is 0 Å². The van der Waals surface area contributed by atoms with Crippen LogP contribution in [-0.4, -0.2) is 10.7 Å². The summed E-state index contributed by atoms with van der Waals surface area (Å²) < 4.78 is 1.55. The van der Waals surface area contributed by atoms with Crippen LogP contribution in [0.25, 0.3) is 11.3 Å². The molecule has 17 heavy (non-hydrogen) atoms. The zero-order valence-corrected chi connectivity index (χ0v) is 9.37. The lowest BCUT2D eigenvalue weighted by atomic mass is 10.2. The Balaban J connectivity index is 1.86. The first kappa shape index (κ1) is 10.1. The van der Waals surface area contributed by atoms with Crippen LogP contribution in [-0.2, 0) is 4.79 Å². The molecule has 0 amide bonds. The molecule has 0 aliphatic heterocycles. The molecule has 0 N–H and O–H groups in total. The average Bonchev–Trinajstić information content (AvgIpc) is 3.12. The summed E-state index contributed by atoms with van der Waals surface area (Å²) in [6.07, 6.45) is 3.68. The van der Waals surface area contributed by atoms with Crippen LogP contribution < -0.4 is 4.84 Å². The van der Waals surface area contributed by atoms with Crippen LogP contribution in [0.3, 0.4) is 0 Å². The third kappa shape index (κ3) is 2.09. The van der Waals surface area contributed by atoms with Gasteiger partial charge in [-0.2, -0.15) is 4.73 Å². The molecule has 1 fully saturated rings. The smallest absolute Gasteiger partial charge is 0.335 e. The molecule has 0 bridgehead atoms. The number of nitrogens with zero attached hydrogens (tertiary/aromatic N) is 1. The van der Waals surface area contributed by atoms with Gasteiger partial charge in [0, 0.05) is 11.8 Å². The largest absolute Gasteiger partial charge is 0.336 e. The third-order valence-electron chi connectivity index (χ3n) is 2.88. The molecule has 3 nitrogen and oxygen atoms in total. The predicted octanol–water partition coefficient (Wildman–Crippen LogP) is 2.52. The van der Waals surface area contributed by atoms with Crippen LogP contribution in [0.15, 0.2) is 48.7 Å². The highest BCUT2D eigenvalue weighted by Crippen LogP contribution is 2.29. The number of aromatic nitrogens is 1. The Morgan fingerprint density at radius 1 is 1.12 bits per heavy atom. The minimum absolute atomic E-state index is 0.112. The van der Waals surface area contributed by atoms with Gasteiger partial charge in [-0.05, 0) is 25.0 Å². The number of carbonyl (C=O) groups excluding carboxylic acids is 1. The highest BCUT2D eigenvalue weighted by Gasteiger charge is 2.32. The predicted molar refractivity (Wildman–Crippen MR) is 64.2 cm³/mol. The minimum atomic E-state index is -0.126. The standard InChI is InChI=1S/C14H13NO2/c16-14(12-8-9-12)17-15-10-4-7-13(15)11-5-2-1-3-6-11/h1-7,10,12H,8-9H2. The zero-order chi connectivity index (χ0) is 11.7. The lowest BCUT2D eigenvalue weighted by molar-refractivity contribution is -0.145. The highest BCUT2D eigenvalue weighted by molar-refractivity contribution is 5.75. The van der Waals surface area contributed by atoms with E-state index in [-0.39, 0.29) is 11.9 Å². The molecule has 0 radical (unpaired) electrons. The summed E-state index contributed by atoms with van der Waals surface area (Å²) >= 11 is 0. The molecule has 2 aromatic rings. The summed E-state index contributed by atoms with van der Waals surface area (Å²) in [5.41, 5.74) is 1.95. The van der Waals surface area contributed by atoms with Gasteiger partial charge >= 0.3 is 5.97 Å². The van der Waals surface area contributed by atoms with Crippen LogP contribution in [0.2, 0.25) is 0 Å². The second-order valence-electron chi connectivity index (χ2n) is 4.27. The van der Waals surface area contributed by atoms with Crippen molar-refractivity contribution < 1.29 is 9.63 Å². The van der Waals surface area contributed by atoms with Crippen molar-refractivity contribution in [3.63, 3.8) is 0 Å². The maximum atomic E-state index is 11.6. The summed E-state index contributed by atoms with van der Waals surface area (Å²) in [6, 6.07) is 13.7. The summed E-state index contributed by atoms with van der Waals surface area (Å²) in [5.74, 6) is -0.0144. The van der Waals surface area contributed by atoms with E-state index in [2.05, 4.69) is 0 Å². The second-order valence-corrected chi connectivity index (χ2v) is 4.27. The van der Waals surface area contributed by atoms with Gasteiger partial charge < -0.3 is 4.84 Å². The SMILES string of the molecule is O=C(On1cccc1-c1ccccc1)C1CC1. The van der Waals surface area contributed by atoms with E-state index < -0.39 is 0 Å². The normalized spacial score (nSPS) is 14.6. The van der Waals surface area contributed by atoms with Gasteiger partial charge in [0.25, 0.3) is 0 Å². The topological polar surface area (TPSA) is 31.2 Å². The molecule has 3 heteroatoms. The molecule has 1 aliphatic carbocycles. The highest BCUT2D eigenvalue weighted by atomic mass is 16.7. The average molecular weight is 227 g/mol. The molecular formula is C14H13NO2. The van der Waals surface area contributed by atoms with Crippen molar-refractivity contribution in [2.24, 2.45) is 5.92 Å². The van der Waals surface area contributed by atoms with E-state index in [1.54, 1.807) is 10.9 Å². The lowest BCUT2D eigenvalue weighted by Crippen LogP contribution is -2.20. The van der Waals surface area contributed by atoms with Crippen molar-refractivity contribution in [1.82, 2.24) is 4.73 Å². The fourth-order valence-electron chi connectivity index (χ4n) is 1.77. The van der Waals surface area contributed by atoms with E-state index in [1.807, 2.05) is 42.5 Å². The Hall–Kier alpha value is -2.03. The lowest BCUT2D eigenvalue weighted by Gasteiger charge is -2.08. The van der Waals surface area contributed by atoms with Crippen molar-refractivity contribution in [3.8, 4) is 11.3 Å². The summed E-state index contributed by atoms with van der Waals surface area (Å²) in [7, 11) is 0. The van der Waals surface area contributed by atoms with E-state index >= 15 is 0 Å². The summed E-state index contributed by atoms with van der Waals surface area (Å²) in [4.78, 5) is 17.0. The summed E-state index contributed by atoms with van der Waals surface area (Å²) in [6.45, 7) is 0. The number of hydrogen-bond acceptors (Lipinski definition) is 2. The molecular weight excluding hydrogens is 214 g/mol. The van der Waals surface area contributed by atoms with Crippen molar-refractivity contribution in [3.05, 3.63) is 48.7 Å². The quantitative estimate of drug-likeness (QED) is 0.806. The maximum absolute atomic E-state index is 11.6. The summed E-state index contributed by atoms with van der Waals surface area (Å²) in [5, 5.41) is 0. The molecule has 86 valence electrons. The van der Waals surface area contributed by atoms with E-state index in [9.17, 15) is 4.79 Å². The van der Waals surface area contributed by atoms with Gasteiger partial charge in [0.15, 0.2) is 0 Å². The Morgan fingerprint density at radius 2 is 1.88 bits per heavy atom. The zero-order valence-electron chi connectivity index (χ0n) is 9.37. The molecule has 0 saturated heterocycles. The Bertz CT molecular complexity index is 526. The van der Waals surface area contributed by atoms with E-state index in [4.69, 9.17) is 4.84 Å². The van der Waals surface area contributed by atoms with Gasteiger partial charge in [-0.15, -0.1) is 0 Å². The van der Waals surface area contributed by atoms with Gasteiger partial charge in [-0.1, -0.05) is 30.3 Å². The van der Waals surface area contributed by atoms with Gasteiger partial charge in [0.2, 0.25) is 0 Å². The van der Waals surface area contributed by atoms with Crippen LogP contribution in [0.4, 0.5) is 0 Å². The second kappa shape index (κ2) is 4.09. The van der Waals surface area contributed by atoms with Crippen molar-refractivity contribution >= 4 is 5.97 Å². The third-order valence-corrected chi connectivity index (χ3v) is 2.88. The first-order valence-electron chi connectivity index (χ1n) is 5.79. The van der Waals surface area contributed by atoms with Crippen molar-refractivity contribution in [2.45, 2.75) is 12.8 Å². The van der Waals surface area contributed by atoms with Crippen molar-refractivity contribution in [2.75, 3.05) is 0 Å². The maximum Gasteiger partial charge on any atom is 0.335 e.